The summed E-state index contributed by atoms with van der Waals surface area (Å²) in [5, 5.41) is 0. The van der Waals surface area contributed by atoms with Crippen LogP contribution in [0, 0.1) is 17.6 Å². The predicted molar refractivity (Wildman–Crippen MR) is 61.4 cm³/mol. The molecule has 0 atom stereocenters. The van der Waals surface area contributed by atoms with Crippen LogP contribution in [0.2, 0.25) is 0 Å². The molecule has 16 heavy (non-hydrogen) atoms. The molecule has 0 radical (unpaired) electrons. The van der Waals surface area contributed by atoms with Crippen molar-refractivity contribution in [2.75, 3.05) is 6.54 Å². The van der Waals surface area contributed by atoms with Gasteiger partial charge in [0.1, 0.15) is 11.6 Å². The van der Waals surface area contributed by atoms with E-state index in [1.165, 1.54) is 12.1 Å². The topological polar surface area (TPSA) is 38.4 Å². The first-order chi connectivity index (χ1) is 7.49. The molecule has 4 heteroatoms. The van der Waals surface area contributed by atoms with Crippen LogP contribution in [0.15, 0.2) is 23.2 Å². The highest BCUT2D eigenvalue weighted by Gasteiger charge is 2.05. The zero-order valence-corrected chi connectivity index (χ0v) is 9.50. The van der Waals surface area contributed by atoms with Gasteiger partial charge >= 0.3 is 0 Å². The highest BCUT2D eigenvalue weighted by atomic mass is 19.1. The standard InChI is InChI=1S/C12H16F2N2/c1-8(2)7-16-12(15)5-9-3-4-10(13)6-11(9)14/h3-4,6,8H,5,7H2,1-2H3,(H2,15,16). The summed E-state index contributed by atoms with van der Waals surface area (Å²) < 4.78 is 25.9. The van der Waals surface area contributed by atoms with Crippen molar-refractivity contribution < 1.29 is 8.78 Å². The number of hydrogen-bond donors (Lipinski definition) is 1. The van der Waals surface area contributed by atoms with E-state index in [0.717, 1.165) is 6.07 Å². The number of rotatable bonds is 4. The summed E-state index contributed by atoms with van der Waals surface area (Å²) in [6, 6.07) is 3.46. The maximum atomic E-state index is 13.3. The van der Waals surface area contributed by atoms with Crippen molar-refractivity contribution in [2.45, 2.75) is 20.3 Å². The monoisotopic (exact) mass is 226 g/mol. The number of aliphatic imine (C=N–C) groups is 1. The van der Waals surface area contributed by atoms with Crippen LogP contribution in [0.1, 0.15) is 19.4 Å². The Kier molecular flexibility index (Phi) is 4.40. The van der Waals surface area contributed by atoms with Gasteiger partial charge in [-0.3, -0.25) is 4.99 Å². The molecule has 0 saturated carbocycles. The van der Waals surface area contributed by atoms with Crippen LogP contribution >= 0.6 is 0 Å². The average molecular weight is 226 g/mol. The van der Waals surface area contributed by atoms with Gasteiger partial charge in [0.15, 0.2) is 0 Å². The zero-order valence-electron chi connectivity index (χ0n) is 9.50. The van der Waals surface area contributed by atoms with Gasteiger partial charge in [-0.25, -0.2) is 8.78 Å². The van der Waals surface area contributed by atoms with Gasteiger partial charge < -0.3 is 5.73 Å². The summed E-state index contributed by atoms with van der Waals surface area (Å²) in [5.41, 5.74) is 6.02. The third-order valence-electron chi connectivity index (χ3n) is 2.05. The number of hydrogen-bond acceptors (Lipinski definition) is 1. The normalized spacial score (nSPS) is 12.2. The molecule has 0 bridgehead atoms. The van der Waals surface area contributed by atoms with Crippen LogP contribution in [0.4, 0.5) is 8.78 Å². The van der Waals surface area contributed by atoms with Crippen LogP contribution in [0.3, 0.4) is 0 Å². The zero-order chi connectivity index (χ0) is 12.1. The number of nitrogens with two attached hydrogens (primary N) is 1. The quantitative estimate of drug-likeness (QED) is 0.621. The molecule has 0 spiro atoms. The Labute approximate surface area is 94.2 Å². The molecule has 0 fully saturated rings. The van der Waals surface area contributed by atoms with E-state index in [4.69, 9.17) is 5.73 Å². The molecule has 0 aliphatic rings. The Hall–Kier alpha value is -1.45. The van der Waals surface area contributed by atoms with E-state index in [0.29, 0.717) is 23.9 Å². The highest BCUT2D eigenvalue weighted by molar-refractivity contribution is 5.82. The third-order valence-corrected chi connectivity index (χ3v) is 2.05. The van der Waals surface area contributed by atoms with Gasteiger partial charge in [0.2, 0.25) is 0 Å². The smallest absolute Gasteiger partial charge is 0.129 e. The molecule has 2 N–H and O–H groups in total. The molecule has 1 aromatic carbocycles. The maximum Gasteiger partial charge on any atom is 0.129 e. The molecule has 0 saturated heterocycles. The summed E-state index contributed by atoms with van der Waals surface area (Å²) in [7, 11) is 0. The summed E-state index contributed by atoms with van der Waals surface area (Å²) in [6.07, 6.45) is 0.221. The second kappa shape index (κ2) is 5.58. The van der Waals surface area contributed by atoms with E-state index in [-0.39, 0.29) is 6.42 Å². The van der Waals surface area contributed by atoms with E-state index in [1.54, 1.807) is 0 Å². The minimum Gasteiger partial charge on any atom is -0.387 e. The molecule has 0 aliphatic carbocycles. The molecule has 0 aliphatic heterocycles. The number of nitrogens with zero attached hydrogens (tertiary/aromatic N) is 1. The first-order valence-electron chi connectivity index (χ1n) is 5.21. The van der Waals surface area contributed by atoms with E-state index >= 15 is 0 Å². The lowest BCUT2D eigenvalue weighted by atomic mass is 10.1. The Balaban J connectivity index is 2.69. The van der Waals surface area contributed by atoms with Crippen LogP contribution in [-0.4, -0.2) is 12.4 Å². The Morgan fingerprint density at radius 3 is 2.62 bits per heavy atom. The Morgan fingerprint density at radius 1 is 1.38 bits per heavy atom. The van der Waals surface area contributed by atoms with Crippen LogP contribution in [0.25, 0.3) is 0 Å². The van der Waals surface area contributed by atoms with Crippen molar-refractivity contribution in [1.29, 1.82) is 0 Å². The largest absolute Gasteiger partial charge is 0.387 e. The Bertz CT molecular complexity index is 387. The minimum atomic E-state index is -0.584. The van der Waals surface area contributed by atoms with Crippen LogP contribution in [-0.2, 0) is 6.42 Å². The fourth-order valence-electron chi connectivity index (χ4n) is 1.22. The van der Waals surface area contributed by atoms with Gasteiger partial charge in [0.05, 0.1) is 5.84 Å². The Morgan fingerprint density at radius 2 is 2.06 bits per heavy atom. The van der Waals surface area contributed by atoms with Gasteiger partial charge in [-0.2, -0.15) is 0 Å². The lowest BCUT2D eigenvalue weighted by Crippen LogP contribution is -2.17. The van der Waals surface area contributed by atoms with Crippen LogP contribution in [0.5, 0.6) is 0 Å². The molecular weight excluding hydrogens is 210 g/mol. The van der Waals surface area contributed by atoms with E-state index in [2.05, 4.69) is 4.99 Å². The van der Waals surface area contributed by atoms with Crippen molar-refractivity contribution in [3.63, 3.8) is 0 Å². The summed E-state index contributed by atoms with van der Waals surface area (Å²) >= 11 is 0. The van der Waals surface area contributed by atoms with Crippen molar-refractivity contribution >= 4 is 5.84 Å². The van der Waals surface area contributed by atoms with Gasteiger partial charge in [0.25, 0.3) is 0 Å². The SMILES string of the molecule is CC(C)CN=C(N)Cc1ccc(F)cc1F. The van der Waals surface area contributed by atoms with Crippen molar-refractivity contribution in [3.05, 3.63) is 35.4 Å². The molecule has 1 aromatic rings. The molecule has 2 nitrogen and oxygen atoms in total. The number of benzene rings is 1. The van der Waals surface area contributed by atoms with Crippen molar-refractivity contribution in [2.24, 2.45) is 16.6 Å². The second-order valence-corrected chi connectivity index (χ2v) is 4.14. The van der Waals surface area contributed by atoms with Gasteiger partial charge in [-0.1, -0.05) is 19.9 Å². The molecule has 1 rings (SSSR count). The first kappa shape index (κ1) is 12.6. The summed E-state index contributed by atoms with van der Waals surface area (Å²) in [6.45, 7) is 4.67. The first-order valence-corrected chi connectivity index (χ1v) is 5.21. The second-order valence-electron chi connectivity index (χ2n) is 4.14. The molecular formula is C12H16F2N2. The molecule has 0 aromatic heterocycles. The van der Waals surface area contributed by atoms with Gasteiger partial charge in [-0.05, 0) is 17.5 Å². The van der Waals surface area contributed by atoms with Gasteiger partial charge in [-0.15, -0.1) is 0 Å². The summed E-state index contributed by atoms with van der Waals surface area (Å²) in [5.74, 6) is -0.377. The van der Waals surface area contributed by atoms with Crippen molar-refractivity contribution in [3.8, 4) is 0 Å². The maximum absolute atomic E-state index is 13.3. The van der Waals surface area contributed by atoms with Crippen molar-refractivity contribution in [1.82, 2.24) is 0 Å². The summed E-state index contributed by atoms with van der Waals surface area (Å²) in [4.78, 5) is 4.12. The molecule has 0 unspecified atom stereocenters. The molecule has 0 amide bonds. The van der Waals surface area contributed by atoms with E-state index in [1.807, 2.05) is 13.8 Å². The number of amidine groups is 1. The third kappa shape index (κ3) is 3.96. The van der Waals surface area contributed by atoms with E-state index in [9.17, 15) is 8.78 Å². The molecule has 0 heterocycles. The molecule has 88 valence electrons. The fourth-order valence-corrected chi connectivity index (χ4v) is 1.22. The lowest BCUT2D eigenvalue weighted by molar-refractivity contribution is 0.575. The fraction of sp³-hybridized carbons (Fsp3) is 0.417. The number of halogens is 2. The average Bonchev–Trinajstić information content (AvgIpc) is 2.19. The van der Waals surface area contributed by atoms with E-state index < -0.39 is 11.6 Å². The highest BCUT2D eigenvalue weighted by Crippen LogP contribution is 2.10. The lowest BCUT2D eigenvalue weighted by Gasteiger charge is -2.04. The van der Waals surface area contributed by atoms with Crippen LogP contribution < -0.4 is 5.73 Å². The minimum absolute atomic E-state index is 0.221. The van der Waals surface area contributed by atoms with Gasteiger partial charge in [0, 0.05) is 19.0 Å². The predicted octanol–water partition coefficient (Wildman–Crippen LogP) is 2.52.